The number of benzene rings is 1. The Balaban J connectivity index is 2.35. The molecule has 1 aliphatic heterocycles. The molecule has 1 heterocycles. The molecule has 16 heavy (non-hydrogen) atoms. The lowest BCUT2D eigenvalue weighted by atomic mass is 10.1. The second-order valence-electron chi connectivity index (χ2n) is 3.30. The molecule has 1 aliphatic rings. The summed E-state index contributed by atoms with van der Waals surface area (Å²) in [7, 11) is 0. The van der Waals surface area contributed by atoms with Crippen LogP contribution in [0, 0.1) is 0 Å². The number of halogens is 2. The summed E-state index contributed by atoms with van der Waals surface area (Å²) in [5.74, 6) is -0.672. The molecule has 5 heteroatoms. The Bertz CT molecular complexity index is 462. The highest BCUT2D eigenvalue weighted by molar-refractivity contribution is 6.37. The van der Waals surface area contributed by atoms with Gasteiger partial charge >= 0.3 is 0 Å². The van der Waals surface area contributed by atoms with Crippen molar-refractivity contribution >= 4 is 35.0 Å². The highest BCUT2D eigenvalue weighted by atomic mass is 35.5. The van der Waals surface area contributed by atoms with Crippen LogP contribution in [-0.2, 0) is 0 Å². The zero-order valence-corrected chi connectivity index (χ0v) is 9.63. The van der Waals surface area contributed by atoms with Gasteiger partial charge in [0.2, 0.25) is 0 Å². The molecule has 1 aromatic carbocycles. The largest absolute Gasteiger partial charge is 0.269 e. The number of nitrogens with zero attached hydrogens (tertiary/aromatic N) is 1. The van der Waals surface area contributed by atoms with E-state index >= 15 is 0 Å². The van der Waals surface area contributed by atoms with Gasteiger partial charge in [0, 0.05) is 10.6 Å². The van der Waals surface area contributed by atoms with Crippen molar-refractivity contribution in [3.05, 3.63) is 46.0 Å². The second kappa shape index (κ2) is 4.28. The summed E-state index contributed by atoms with van der Waals surface area (Å²) >= 11 is 11.1. The normalized spacial score (nSPS) is 15.6. The zero-order valence-electron chi connectivity index (χ0n) is 8.11. The topological polar surface area (TPSA) is 37.4 Å². The minimum atomic E-state index is -0.336. The molecular formula is C11H7Cl2NO2. The zero-order chi connectivity index (χ0) is 11.7. The number of rotatable bonds is 2. The van der Waals surface area contributed by atoms with Crippen LogP contribution in [-0.4, -0.2) is 23.3 Å². The molecule has 2 rings (SSSR count). The van der Waals surface area contributed by atoms with Crippen LogP contribution in [0.2, 0.25) is 0 Å². The van der Waals surface area contributed by atoms with Crippen molar-refractivity contribution in [1.29, 1.82) is 0 Å². The minimum absolute atomic E-state index is 0.0113. The highest BCUT2D eigenvalue weighted by Gasteiger charge is 2.35. The van der Waals surface area contributed by atoms with Crippen LogP contribution in [0.1, 0.15) is 20.7 Å². The molecule has 0 fully saturated rings. The molecule has 2 amide bonds. The van der Waals surface area contributed by atoms with Crippen molar-refractivity contribution < 1.29 is 9.59 Å². The number of fused-ring (bicyclic) bond motifs is 1. The predicted molar refractivity (Wildman–Crippen MR) is 61.6 cm³/mol. The number of hydrogen-bond acceptors (Lipinski definition) is 2. The maximum absolute atomic E-state index is 11.8. The van der Waals surface area contributed by atoms with Gasteiger partial charge in [-0.15, -0.1) is 0 Å². The van der Waals surface area contributed by atoms with E-state index in [9.17, 15) is 9.59 Å². The first-order chi connectivity index (χ1) is 7.65. The summed E-state index contributed by atoms with van der Waals surface area (Å²) in [6, 6.07) is 6.67. The summed E-state index contributed by atoms with van der Waals surface area (Å²) < 4.78 is 0. The quantitative estimate of drug-likeness (QED) is 0.762. The van der Waals surface area contributed by atoms with E-state index in [1.165, 1.54) is 0 Å². The Hall–Kier alpha value is -1.32. The summed E-state index contributed by atoms with van der Waals surface area (Å²) in [6.07, 6.45) is 0. The first-order valence-electron chi connectivity index (χ1n) is 4.55. The third-order valence-corrected chi connectivity index (χ3v) is 2.91. The average Bonchev–Trinajstić information content (AvgIpc) is 2.55. The van der Waals surface area contributed by atoms with Crippen LogP contribution < -0.4 is 0 Å². The third kappa shape index (κ3) is 1.72. The minimum Gasteiger partial charge on any atom is -0.269 e. The Morgan fingerprint density at radius 1 is 1.19 bits per heavy atom. The molecular weight excluding hydrogens is 249 g/mol. The lowest BCUT2D eigenvalue weighted by Gasteiger charge is -2.12. The van der Waals surface area contributed by atoms with E-state index in [1.54, 1.807) is 24.3 Å². The molecule has 0 atom stereocenters. The van der Waals surface area contributed by atoms with E-state index in [2.05, 4.69) is 0 Å². The van der Waals surface area contributed by atoms with Gasteiger partial charge in [-0.3, -0.25) is 14.5 Å². The standard InChI is InChI=1S/C11H7Cl2NO2/c12-5-7(13)6-14-10(15)8-3-1-2-4-9(8)11(14)16/h1-5H,6H2/b7-5-. The van der Waals surface area contributed by atoms with Gasteiger partial charge in [0.1, 0.15) is 0 Å². The molecule has 82 valence electrons. The van der Waals surface area contributed by atoms with Gasteiger partial charge in [0.25, 0.3) is 11.8 Å². The van der Waals surface area contributed by atoms with E-state index < -0.39 is 0 Å². The van der Waals surface area contributed by atoms with Crippen molar-refractivity contribution in [2.45, 2.75) is 0 Å². The molecule has 0 N–H and O–H groups in total. The van der Waals surface area contributed by atoms with Gasteiger partial charge in [-0.2, -0.15) is 0 Å². The van der Waals surface area contributed by atoms with E-state index in [1.807, 2.05) is 0 Å². The number of carbonyl (C=O) groups excluding carboxylic acids is 2. The van der Waals surface area contributed by atoms with Crippen molar-refractivity contribution in [2.24, 2.45) is 0 Å². The summed E-state index contributed by atoms with van der Waals surface area (Å²) in [6.45, 7) is 0.0113. The van der Waals surface area contributed by atoms with Gasteiger partial charge in [0.15, 0.2) is 0 Å². The first-order valence-corrected chi connectivity index (χ1v) is 5.36. The monoisotopic (exact) mass is 255 g/mol. The number of carbonyl (C=O) groups is 2. The van der Waals surface area contributed by atoms with E-state index in [-0.39, 0.29) is 23.4 Å². The fourth-order valence-corrected chi connectivity index (χ4v) is 1.76. The van der Waals surface area contributed by atoms with Crippen LogP contribution in [0.4, 0.5) is 0 Å². The molecule has 1 aromatic rings. The lowest BCUT2D eigenvalue weighted by Crippen LogP contribution is -2.30. The molecule has 0 saturated heterocycles. The van der Waals surface area contributed by atoms with Crippen LogP contribution in [0.5, 0.6) is 0 Å². The molecule has 0 bridgehead atoms. The van der Waals surface area contributed by atoms with Crippen molar-refractivity contribution in [2.75, 3.05) is 6.54 Å². The maximum Gasteiger partial charge on any atom is 0.261 e. The molecule has 0 radical (unpaired) electrons. The summed E-state index contributed by atoms with van der Waals surface area (Å²) in [5, 5.41) is 0.246. The van der Waals surface area contributed by atoms with Crippen molar-refractivity contribution in [1.82, 2.24) is 4.90 Å². The number of hydrogen-bond donors (Lipinski definition) is 0. The van der Waals surface area contributed by atoms with E-state index in [4.69, 9.17) is 23.2 Å². The van der Waals surface area contributed by atoms with Gasteiger partial charge < -0.3 is 0 Å². The Labute approximate surface area is 102 Å². The van der Waals surface area contributed by atoms with Crippen LogP contribution >= 0.6 is 23.2 Å². The molecule has 3 nitrogen and oxygen atoms in total. The van der Waals surface area contributed by atoms with Gasteiger partial charge in [-0.25, -0.2) is 0 Å². The SMILES string of the molecule is O=C1c2ccccc2C(=O)N1C/C(Cl)=C/Cl. The third-order valence-electron chi connectivity index (χ3n) is 2.31. The summed E-state index contributed by atoms with van der Waals surface area (Å²) in [4.78, 5) is 24.7. The average molecular weight is 256 g/mol. The highest BCUT2D eigenvalue weighted by Crippen LogP contribution is 2.23. The fourth-order valence-electron chi connectivity index (χ4n) is 1.57. The van der Waals surface area contributed by atoms with Gasteiger partial charge in [0.05, 0.1) is 17.7 Å². The Morgan fingerprint density at radius 2 is 1.69 bits per heavy atom. The Kier molecular flexibility index (Phi) is 2.99. The van der Waals surface area contributed by atoms with Crippen molar-refractivity contribution in [3.8, 4) is 0 Å². The molecule has 0 saturated carbocycles. The maximum atomic E-state index is 11.8. The van der Waals surface area contributed by atoms with E-state index in [0.29, 0.717) is 11.1 Å². The van der Waals surface area contributed by atoms with E-state index in [0.717, 1.165) is 10.4 Å². The fraction of sp³-hybridized carbons (Fsp3) is 0.0909. The smallest absolute Gasteiger partial charge is 0.261 e. The van der Waals surface area contributed by atoms with Crippen LogP contribution in [0.15, 0.2) is 34.8 Å². The summed E-state index contributed by atoms with van der Waals surface area (Å²) in [5.41, 5.74) is 1.96. The molecule has 0 spiro atoms. The van der Waals surface area contributed by atoms with Gasteiger partial charge in [-0.1, -0.05) is 35.3 Å². The molecule has 0 unspecified atom stereocenters. The molecule has 0 aromatic heterocycles. The first kappa shape index (κ1) is 11.2. The van der Waals surface area contributed by atoms with Crippen LogP contribution in [0.25, 0.3) is 0 Å². The molecule has 0 aliphatic carbocycles. The van der Waals surface area contributed by atoms with Crippen molar-refractivity contribution in [3.63, 3.8) is 0 Å². The van der Waals surface area contributed by atoms with Crippen LogP contribution in [0.3, 0.4) is 0 Å². The lowest BCUT2D eigenvalue weighted by molar-refractivity contribution is 0.0670. The van der Waals surface area contributed by atoms with Gasteiger partial charge in [-0.05, 0) is 12.1 Å². The number of amides is 2. The second-order valence-corrected chi connectivity index (χ2v) is 4.00. The number of imide groups is 1. The Morgan fingerprint density at radius 3 is 2.12 bits per heavy atom. The predicted octanol–water partition coefficient (Wildman–Crippen LogP) is 2.60.